The van der Waals surface area contributed by atoms with Gasteiger partial charge in [-0.05, 0) is 59.4 Å². The molecule has 108 valence electrons. The van der Waals surface area contributed by atoms with Crippen molar-refractivity contribution in [2.24, 2.45) is 0 Å². The first-order valence-electron chi connectivity index (χ1n) is 6.50. The Hall–Kier alpha value is -2.69. The van der Waals surface area contributed by atoms with Crippen LogP contribution in [0.15, 0.2) is 24.3 Å². The summed E-state index contributed by atoms with van der Waals surface area (Å²) in [7, 11) is 1.46. The maximum absolute atomic E-state index is 11.2. The Bertz CT molecular complexity index is 749. The molecule has 0 radical (unpaired) electrons. The number of ether oxygens (including phenoxy) is 1. The van der Waals surface area contributed by atoms with Crippen molar-refractivity contribution in [2.45, 2.75) is 12.8 Å². The third-order valence-electron chi connectivity index (χ3n) is 3.81. The minimum absolute atomic E-state index is 0.0666. The van der Waals surface area contributed by atoms with Crippen LogP contribution in [0.5, 0.6) is 17.2 Å². The molecule has 0 saturated heterocycles. The van der Waals surface area contributed by atoms with E-state index in [1.54, 1.807) is 12.1 Å². The molecule has 0 atom stereocenters. The molecule has 5 nitrogen and oxygen atoms in total. The maximum atomic E-state index is 11.2. The summed E-state index contributed by atoms with van der Waals surface area (Å²) in [6, 6.07) is 6.32. The van der Waals surface area contributed by atoms with Gasteiger partial charge in [-0.15, -0.1) is 0 Å². The quantitative estimate of drug-likeness (QED) is 0.789. The van der Waals surface area contributed by atoms with Crippen LogP contribution in [0.1, 0.15) is 21.5 Å². The van der Waals surface area contributed by atoms with Gasteiger partial charge in [0.05, 0.1) is 7.11 Å². The first kappa shape index (κ1) is 13.3. The zero-order chi connectivity index (χ0) is 15.1. The number of aryl methyl sites for hydroxylation is 2. The second-order valence-corrected chi connectivity index (χ2v) is 5.01. The zero-order valence-corrected chi connectivity index (χ0v) is 11.4. The van der Waals surface area contributed by atoms with E-state index in [1.807, 2.05) is 0 Å². The average Bonchev–Trinajstić information content (AvgIpc) is 2.45. The normalized spacial score (nSPS) is 12.4. The molecular weight excluding hydrogens is 272 g/mol. The lowest BCUT2D eigenvalue weighted by Gasteiger charge is -2.22. The lowest BCUT2D eigenvalue weighted by molar-refractivity contribution is 0.0694. The highest BCUT2D eigenvalue weighted by atomic mass is 16.5. The second-order valence-electron chi connectivity index (χ2n) is 5.01. The van der Waals surface area contributed by atoms with Gasteiger partial charge >= 0.3 is 5.97 Å². The van der Waals surface area contributed by atoms with Gasteiger partial charge in [-0.3, -0.25) is 0 Å². The van der Waals surface area contributed by atoms with Gasteiger partial charge in [0, 0.05) is 0 Å². The predicted molar refractivity (Wildman–Crippen MR) is 76.1 cm³/mol. The molecule has 5 heteroatoms. The van der Waals surface area contributed by atoms with Gasteiger partial charge in [-0.2, -0.15) is 0 Å². The first-order valence-corrected chi connectivity index (χ1v) is 6.50. The molecule has 1 aliphatic rings. The Kier molecular flexibility index (Phi) is 2.97. The van der Waals surface area contributed by atoms with Gasteiger partial charge in [0.2, 0.25) is 0 Å². The van der Waals surface area contributed by atoms with Crippen molar-refractivity contribution in [3.63, 3.8) is 0 Å². The fraction of sp³-hybridized carbons (Fsp3) is 0.188. The third kappa shape index (κ3) is 2.07. The molecule has 3 N–H and O–H groups in total. The Balaban J connectivity index is 2.25. The summed E-state index contributed by atoms with van der Waals surface area (Å²) in [4.78, 5) is 11.2. The molecule has 0 fully saturated rings. The number of hydrogen-bond donors (Lipinski definition) is 3. The Labute approximate surface area is 121 Å². The topological polar surface area (TPSA) is 87.0 Å². The Morgan fingerprint density at radius 3 is 2.14 bits per heavy atom. The number of carbonyl (C=O) groups is 1. The van der Waals surface area contributed by atoms with E-state index in [4.69, 9.17) is 9.84 Å². The summed E-state index contributed by atoms with van der Waals surface area (Å²) in [6.07, 6.45) is 1.40. The first-order chi connectivity index (χ1) is 10.0. The molecule has 0 spiro atoms. The molecule has 3 rings (SSSR count). The lowest BCUT2D eigenvalue weighted by atomic mass is 9.84. The maximum Gasteiger partial charge on any atom is 0.339 e. The second kappa shape index (κ2) is 4.70. The molecule has 21 heavy (non-hydrogen) atoms. The van der Waals surface area contributed by atoms with E-state index in [2.05, 4.69) is 0 Å². The van der Waals surface area contributed by atoms with Gasteiger partial charge < -0.3 is 20.1 Å². The molecule has 2 aromatic rings. The monoisotopic (exact) mass is 286 g/mol. The fourth-order valence-corrected chi connectivity index (χ4v) is 2.76. The number of phenols is 2. The van der Waals surface area contributed by atoms with Crippen LogP contribution in [-0.4, -0.2) is 28.4 Å². The number of carboxylic acid groups (broad SMARTS) is 1. The van der Waals surface area contributed by atoms with Crippen LogP contribution in [-0.2, 0) is 12.8 Å². The van der Waals surface area contributed by atoms with Crippen molar-refractivity contribution < 1.29 is 24.9 Å². The van der Waals surface area contributed by atoms with Gasteiger partial charge in [-0.1, -0.05) is 0 Å². The number of fused-ring (bicyclic) bond motifs is 3. The minimum Gasteiger partial charge on any atom is -0.507 e. The molecule has 0 bridgehead atoms. The highest BCUT2D eigenvalue weighted by Crippen LogP contribution is 2.41. The molecule has 1 aliphatic carbocycles. The summed E-state index contributed by atoms with van der Waals surface area (Å²) in [6.45, 7) is 0. The van der Waals surface area contributed by atoms with Crippen molar-refractivity contribution in [3.8, 4) is 28.4 Å². The van der Waals surface area contributed by atoms with E-state index in [9.17, 15) is 15.0 Å². The Morgan fingerprint density at radius 1 is 1.00 bits per heavy atom. The summed E-state index contributed by atoms with van der Waals surface area (Å²) in [5.41, 5.74) is 3.27. The molecule has 0 aliphatic heterocycles. The van der Waals surface area contributed by atoms with Gasteiger partial charge in [0.25, 0.3) is 0 Å². The standard InChI is InChI=1S/C16H14O5/c1-21-15-7-11-9(5-14(15)18)3-2-8-4-13(17)12(16(19)20)6-10(8)11/h4-7,17-18H,2-3H2,1H3,(H,19,20). The molecule has 2 aromatic carbocycles. The van der Waals surface area contributed by atoms with E-state index in [0.717, 1.165) is 22.3 Å². The summed E-state index contributed by atoms with van der Waals surface area (Å²) < 4.78 is 5.11. The van der Waals surface area contributed by atoms with Crippen molar-refractivity contribution in [1.82, 2.24) is 0 Å². The molecule has 0 amide bonds. The van der Waals surface area contributed by atoms with E-state index in [0.29, 0.717) is 18.6 Å². The van der Waals surface area contributed by atoms with E-state index >= 15 is 0 Å². The SMILES string of the molecule is COc1cc2c(cc1O)CCc1cc(O)c(C(=O)O)cc1-2. The van der Waals surface area contributed by atoms with Gasteiger partial charge in [0.1, 0.15) is 11.3 Å². The van der Waals surface area contributed by atoms with Crippen molar-refractivity contribution in [1.29, 1.82) is 0 Å². The van der Waals surface area contributed by atoms with Crippen LogP contribution < -0.4 is 4.74 Å². The summed E-state index contributed by atoms with van der Waals surface area (Å²) in [5.74, 6) is -0.993. The van der Waals surface area contributed by atoms with Crippen LogP contribution >= 0.6 is 0 Å². The van der Waals surface area contributed by atoms with E-state index in [1.165, 1.54) is 19.2 Å². The van der Waals surface area contributed by atoms with E-state index < -0.39 is 5.97 Å². The number of benzene rings is 2. The fourth-order valence-electron chi connectivity index (χ4n) is 2.76. The Morgan fingerprint density at radius 2 is 1.57 bits per heavy atom. The van der Waals surface area contributed by atoms with Gasteiger partial charge in [-0.25, -0.2) is 4.79 Å². The third-order valence-corrected chi connectivity index (χ3v) is 3.81. The van der Waals surface area contributed by atoms with Crippen LogP contribution in [0.4, 0.5) is 0 Å². The van der Waals surface area contributed by atoms with Crippen LogP contribution in [0.25, 0.3) is 11.1 Å². The number of hydrogen-bond acceptors (Lipinski definition) is 4. The minimum atomic E-state index is -1.17. The number of aromatic hydroxyl groups is 2. The number of rotatable bonds is 2. The molecule has 0 unspecified atom stereocenters. The van der Waals surface area contributed by atoms with E-state index in [-0.39, 0.29) is 17.1 Å². The van der Waals surface area contributed by atoms with Crippen molar-refractivity contribution in [2.75, 3.05) is 7.11 Å². The van der Waals surface area contributed by atoms with Crippen molar-refractivity contribution in [3.05, 3.63) is 41.0 Å². The van der Waals surface area contributed by atoms with Crippen molar-refractivity contribution >= 4 is 5.97 Å². The zero-order valence-electron chi connectivity index (χ0n) is 11.4. The lowest BCUT2D eigenvalue weighted by Crippen LogP contribution is -2.07. The largest absolute Gasteiger partial charge is 0.507 e. The summed E-state index contributed by atoms with van der Waals surface area (Å²) >= 11 is 0. The van der Waals surface area contributed by atoms with Crippen LogP contribution in [0.3, 0.4) is 0 Å². The molecule has 0 saturated carbocycles. The number of aromatic carboxylic acids is 1. The molecule has 0 aromatic heterocycles. The smallest absolute Gasteiger partial charge is 0.339 e. The number of carboxylic acids is 1. The van der Waals surface area contributed by atoms with Crippen LogP contribution in [0, 0.1) is 0 Å². The number of methoxy groups -OCH3 is 1. The average molecular weight is 286 g/mol. The number of phenolic OH excluding ortho intramolecular Hbond substituents is 1. The predicted octanol–water partition coefficient (Wildman–Crippen LogP) is 2.57. The highest BCUT2D eigenvalue weighted by Gasteiger charge is 2.22. The van der Waals surface area contributed by atoms with Gasteiger partial charge in [0.15, 0.2) is 11.5 Å². The van der Waals surface area contributed by atoms with Crippen LogP contribution in [0.2, 0.25) is 0 Å². The molecular formula is C16H14O5. The molecule has 0 heterocycles. The highest BCUT2D eigenvalue weighted by molar-refractivity contribution is 5.93. The summed E-state index contributed by atoms with van der Waals surface area (Å²) in [5, 5.41) is 28.8.